The van der Waals surface area contributed by atoms with E-state index in [4.69, 9.17) is 0 Å². The van der Waals surface area contributed by atoms with Gasteiger partial charge in [-0.25, -0.2) is 13.2 Å². The maximum atomic E-state index is 14.7. The normalized spacial score (nSPS) is 16.8. The summed E-state index contributed by atoms with van der Waals surface area (Å²) in [6.07, 6.45) is 15.9. The van der Waals surface area contributed by atoms with Crippen LogP contribution in [0.15, 0.2) is 77.7 Å². The van der Waals surface area contributed by atoms with Gasteiger partial charge in [0.05, 0.1) is 4.90 Å². The van der Waals surface area contributed by atoms with Gasteiger partial charge < -0.3 is 10.4 Å². The highest BCUT2D eigenvalue weighted by Crippen LogP contribution is 2.37. The summed E-state index contributed by atoms with van der Waals surface area (Å²) >= 11 is 1.54. The first-order chi connectivity index (χ1) is 24.2. The molecule has 50 heavy (non-hydrogen) atoms. The van der Waals surface area contributed by atoms with Crippen LogP contribution in [0, 0.1) is 18.8 Å². The Labute approximate surface area is 303 Å². The fourth-order valence-electron chi connectivity index (χ4n) is 7.98. The number of hydrogen-bond donors (Lipinski definition) is 2. The van der Waals surface area contributed by atoms with Gasteiger partial charge in [0.15, 0.2) is 0 Å². The van der Waals surface area contributed by atoms with Crippen LogP contribution in [0.4, 0.5) is 0 Å². The number of amides is 1. The summed E-state index contributed by atoms with van der Waals surface area (Å²) in [6.45, 7) is 2.17. The second kappa shape index (κ2) is 18.4. The molecule has 1 atom stereocenters. The van der Waals surface area contributed by atoms with E-state index in [1.54, 1.807) is 34.6 Å². The van der Waals surface area contributed by atoms with Crippen molar-refractivity contribution in [1.29, 1.82) is 0 Å². The number of carboxylic acids is 1. The van der Waals surface area contributed by atoms with Crippen LogP contribution in [-0.2, 0) is 21.4 Å². The van der Waals surface area contributed by atoms with Crippen molar-refractivity contribution < 1.29 is 23.1 Å². The number of carbonyl (C=O) groups is 2. The van der Waals surface area contributed by atoms with Crippen LogP contribution in [0.25, 0.3) is 11.1 Å². The molecule has 2 N–H and O–H groups in total. The Morgan fingerprint density at radius 3 is 2.02 bits per heavy atom. The Balaban J connectivity index is 1.56. The topological polar surface area (TPSA) is 104 Å². The molecule has 0 saturated heterocycles. The van der Waals surface area contributed by atoms with Gasteiger partial charge in [-0.15, -0.1) is 0 Å². The largest absolute Gasteiger partial charge is 0.480 e. The van der Waals surface area contributed by atoms with Crippen molar-refractivity contribution in [2.45, 2.75) is 114 Å². The lowest BCUT2D eigenvalue weighted by molar-refractivity contribution is -0.139. The lowest BCUT2D eigenvalue weighted by atomic mass is 9.79. The van der Waals surface area contributed by atoms with E-state index in [0.29, 0.717) is 40.0 Å². The molecule has 9 heteroatoms. The number of aliphatic carboxylic acids is 1. The Hall–Kier alpha value is -3.14. The van der Waals surface area contributed by atoms with Gasteiger partial charge in [-0.3, -0.25) is 4.79 Å². The van der Waals surface area contributed by atoms with Crippen molar-refractivity contribution in [3.63, 3.8) is 0 Å². The molecular weight excluding hydrogens is 665 g/mol. The molecule has 3 aromatic rings. The number of benzene rings is 3. The van der Waals surface area contributed by atoms with Crippen LogP contribution >= 0.6 is 11.8 Å². The van der Waals surface area contributed by atoms with Crippen LogP contribution in [0.3, 0.4) is 0 Å². The third-order valence-electron chi connectivity index (χ3n) is 10.7. The van der Waals surface area contributed by atoms with E-state index in [0.717, 1.165) is 55.2 Å². The van der Waals surface area contributed by atoms with Crippen molar-refractivity contribution in [3.8, 4) is 11.1 Å². The first kappa shape index (κ1) is 38.1. The molecule has 5 rings (SSSR count). The summed E-state index contributed by atoms with van der Waals surface area (Å²) in [4.78, 5) is 26.1. The molecule has 1 amide bonds. The molecule has 0 aromatic heterocycles. The molecule has 2 saturated carbocycles. The van der Waals surface area contributed by atoms with E-state index in [9.17, 15) is 23.1 Å². The van der Waals surface area contributed by atoms with Crippen molar-refractivity contribution in [1.82, 2.24) is 9.62 Å². The molecule has 7 nitrogen and oxygen atoms in total. The molecule has 0 heterocycles. The van der Waals surface area contributed by atoms with Gasteiger partial charge in [0, 0.05) is 18.2 Å². The number of thioether (sulfide) groups is 1. The average Bonchev–Trinajstić information content (AvgIpc) is 3.13. The van der Waals surface area contributed by atoms with E-state index in [-0.39, 0.29) is 12.6 Å². The molecule has 3 aromatic carbocycles. The zero-order valence-corrected chi connectivity index (χ0v) is 31.3. The molecule has 2 aliphatic rings. The summed E-state index contributed by atoms with van der Waals surface area (Å²) in [7, 11) is -3.86. The number of nitrogens with one attached hydrogen (secondary N) is 1. The first-order valence-electron chi connectivity index (χ1n) is 18.5. The molecule has 2 aliphatic carbocycles. The second-order valence-corrected chi connectivity index (χ2v) is 17.2. The molecule has 0 aliphatic heterocycles. The third-order valence-corrected chi connectivity index (χ3v) is 13.3. The van der Waals surface area contributed by atoms with Crippen LogP contribution in [0.2, 0.25) is 0 Å². The smallest absolute Gasteiger partial charge is 0.326 e. The van der Waals surface area contributed by atoms with Crippen LogP contribution in [0.1, 0.15) is 105 Å². The number of hydrogen-bond acceptors (Lipinski definition) is 5. The Bertz CT molecular complexity index is 1650. The van der Waals surface area contributed by atoms with Crippen molar-refractivity contribution >= 4 is 33.7 Å². The average molecular weight is 719 g/mol. The summed E-state index contributed by atoms with van der Waals surface area (Å²) in [5.74, 6) is 0.102. The molecule has 1 unspecified atom stereocenters. The van der Waals surface area contributed by atoms with Gasteiger partial charge in [-0.1, -0.05) is 113 Å². The van der Waals surface area contributed by atoms with E-state index in [1.807, 2.05) is 55.6 Å². The Morgan fingerprint density at radius 1 is 0.840 bits per heavy atom. The highest BCUT2D eigenvalue weighted by molar-refractivity contribution is 7.98. The van der Waals surface area contributed by atoms with E-state index < -0.39 is 27.9 Å². The highest BCUT2D eigenvalue weighted by Gasteiger charge is 2.35. The Kier molecular flexibility index (Phi) is 14.0. The fraction of sp³-hybridized carbons (Fsp3) is 0.512. The van der Waals surface area contributed by atoms with Gasteiger partial charge in [-0.05, 0) is 96.5 Å². The number of sulfonamides is 1. The second-order valence-electron chi connectivity index (χ2n) is 14.3. The van der Waals surface area contributed by atoms with Gasteiger partial charge >= 0.3 is 5.97 Å². The van der Waals surface area contributed by atoms with Crippen molar-refractivity contribution in [2.24, 2.45) is 11.8 Å². The van der Waals surface area contributed by atoms with Gasteiger partial charge in [0.1, 0.15) is 6.04 Å². The predicted octanol–water partition coefficient (Wildman–Crippen LogP) is 9.10. The monoisotopic (exact) mass is 718 g/mol. The van der Waals surface area contributed by atoms with Crippen LogP contribution < -0.4 is 5.32 Å². The van der Waals surface area contributed by atoms with E-state index in [1.165, 1.54) is 50.3 Å². The van der Waals surface area contributed by atoms with Gasteiger partial charge in [-0.2, -0.15) is 16.1 Å². The number of rotatable bonds is 16. The summed E-state index contributed by atoms with van der Waals surface area (Å²) in [6, 6.07) is 21.0. The quantitative estimate of drug-likeness (QED) is 0.153. The van der Waals surface area contributed by atoms with E-state index in [2.05, 4.69) is 5.32 Å². The highest BCUT2D eigenvalue weighted by atomic mass is 32.2. The zero-order valence-electron chi connectivity index (χ0n) is 29.7. The molecule has 2 fully saturated rings. The first-order valence-corrected chi connectivity index (χ1v) is 21.3. The van der Waals surface area contributed by atoms with Crippen molar-refractivity contribution in [2.75, 3.05) is 12.0 Å². The zero-order chi connectivity index (χ0) is 35.5. The van der Waals surface area contributed by atoms with E-state index >= 15 is 0 Å². The molecule has 0 spiro atoms. The minimum Gasteiger partial charge on any atom is -0.480 e. The maximum absolute atomic E-state index is 14.7. The number of aryl methyl sites for hydroxylation is 1. The van der Waals surface area contributed by atoms with Crippen molar-refractivity contribution in [3.05, 3.63) is 89.5 Å². The van der Waals surface area contributed by atoms with Crippen LogP contribution in [0.5, 0.6) is 0 Å². The Morgan fingerprint density at radius 2 is 1.44 bits per heavy atom. The van der Waals surface area contributed by atoms with Crippen LogP contribution in [-0.4, -0.2) is 53.8 Å². The standard InChI is InChI=1S/C41H54N2O5S2/c1-30-14-12-13-21-36(30)38-28-33(22-23-37(38)40(44)42-39(41(45)46)24-25-49-2)29-43(50(47,48)35-19-10-5-11-20-35)34(26-31-15-6-3-7-16-31)27-32-17-8-4-9-18-32/h5,10-14,19-23,28,31-32,34,39H,3-4,6-9,15-18,24-27,29H2,1-2H3,(H,42,44)(H,45,46). The lowest BCUT2D eigenvalue weighted by Gasteiger charge is -2.37. The number of nitrogens with zero attached hydrogens (tertiary/aromatic N) is 1. The lowest BCUT2D eigenvalue weighted by Crippen LogP contribution is -2.42. The molecular formula is C41H54N2O5S2. The summed E-state index contributed by atoms with van der Waals surface area (Å²) in [5, 5.41) is 12.6. The maximum Gasteiger partial charge on any atom is 0.326 e. The van der Waals surface area contributed by atoms with Gasteiger partial charge in [0.2, 0.25) is 10.0 Å². The predicted molar refractivity (Wildman–Crippen MR) is 204 cm³/mol. The summed E-state index contributed by atoms with van der Waals surface area (Å²) in [5.41, 5.74) is 3.66. The molecule has 270 valence electrons. The number of carboxylic acid groups (broad SMARTS) is 1. The minimum absolute atomic E-state index is 0.135. The molecule has 0 bridgehead atoms. The molecule has 0 radical (unpaired) electrons. The number of carbonyl (C=O) groups excluding carboxylic acids is 1. The third kappa shape index (κ3) is 10.0. The fourth-order valence-corrected chi connectivity index (χ4v) is 10.1. The summed E-state index contributed by atoms with van der Waals surface area (Å²) < 4.78 is 31.2. The minimum atomic E-state index is -3.86. The SMILES string of the molecule is CSCCC(NC(=O)c1ccc(CN(C(CC2CCCCC2)CC2CCCCC2)S(=O)(=O)c2ccccc2)cc1-c1ccccc1C)C(=O)O. The van der Waals surface area contributed by atoms with Gasteiger partial charge in [0.25, 0.3) is 5.91 Å².